The van der Waals surface area contributed by atoms with Crippen molar-refractivity contribution in [2.24, 2.45) is 0 Å². The Morgan fingerprint density at radius 1 is 1.11 bits per heavy atom. The first-order valence-electron chi connectivity index (χ1n) is 9.04. The Labute approximate surface area is 157 Å². The van der Waals surface area contributed by atoms with Crippen molar-refractivity contribution in [3.8, 4) is 0 Å². The van der Waals surface area contributed by atoms with Gasteiger partial charge in [0.1, 0.15) is 5.82 Å². The van der Waals surface area contributed by atoms with Crippen LogP contribution >= 0.6 is 0 Å². The number of hydrogen-bond acceptors (Lipinski definition) is 3. The second-order valence-electron chi connectivity index (χ2n) is 6.59. The van der Waals surface area contributed by atoms with E-state index in [1.807, 2.05) is 18.2 Å². The maximum absolute atomic E-state index is 12.9. The lowest BCUT2D eigenvalue weighted by Crippen LogP contribution is -2.26. The lowest BCUT2D eigenvalue weighted by Gasteiger charge is -2.19. The van der Waals surface area contributed by atoms with Gasteiger partial charge in [-0.05, 0) is 48.2 Å². The quantitative estimate of drug-likeness (QED) is 0.750. The zero-order valence-corrected chi connectivity index (χ0v) is 14.9. The number of carbonyl (C=O) groups is 1. The molecule has 1 amide bonds. The highest BCUT2D eigenvalue weighted by atomic mass is 19.1. The van der Waals surface area contributed by atoms with E-state index in [0.29, 0.717) is 18.5 Å². The van der Waals surface area contributed by atoms with Crippen molar-refractivity contribution in [2.45, 2.75) is 12.8 Å². The first-order valence-corrected chi connectivity index (χ1v) is 9.04. The number of pyridine rings is 1. The van der Waals surface area contributed by atoms with E-state index in [9.17, 15) is 9.18 Å². The van der Waals surface area contributed by atoms with Crippen LogP contribution in [0.3, 0.4) is 0 Å². The molecule has 4 rings (SSSR count). The van der Waals surface area contributed by atoms with E-state index in [1.165, 1.54) is 23.4 Å². The second kappa shape index (κ2) is 7.58. The summed E-state index contributed by atoms with van der Waals surface area (Å²) in [5.41, 5.74) is 4.93. The Hall–Kier alpha value is -3.21. The van der Waals surface area contributed by atoms with Gasteiger partial charge in [-0.15, -0.1) is 0 Å². The van der Waals surface area contributed by atoms with Crippen molar-refractivity contribution in [1.29, 1.82) is 0 Å². The van der Waals surface area contributed by atoms with Gasteiger partial charge in [0.25, 0.3) is 5.91 Å². The van der Waals surface area contributed by atoms with Gasteiger partial charge in [0, 0.05) is 25.0 Å². The summed E-state index contributed by atoms with van der Waals surface area (Å²) in [7, 11) is 0. The average Bonchev–Trinajstić information content (AvgIpc) is 3.14. The minimum absolute atomic E-state index is 0.154. The molecular weight excluding hydrogens is 341 g/mol. The molecule has 5 heteroatoms. The van der Waals surface area contributed by atoms with Crippen molar-refractivity contribution in [3.05, 3.63) is 89.5 Å². The second-order valence-corrected chi connectivity index (χ2v) is 6.59. The highest BCUT2D eigenvalue weighted by molar-refractivity contribution is 5.95. The van der Waals surface area contributed by atoms with E-state index in [4.69, 9.17) is 0 Å². The van der Waals surface area contributed by atoms with E-state index in [0.717, 1.165) is 24.2 Å². The molecule has 0 saturated carbocycles. The van der Waals surface area contributed by atoms with Gasteiger partial charge in [0.05, 0.1) is 17.4 Å². The molecule has 0 bridgehead atoms. The lowest BCUT2D eigenvalue weighted by molar-refractivity contribution is 0.0954. The normalized spacial score (nSPS) is 12.7. The minimum atomic E-state index is -0.255. The van der Waals surface area contributed by atoms with Crippen LogP contribution in [0.1, 0.15) is 21.5 Å². The SMILES string of the molecule is O=C(NCCc1ccc(F)cc1)c1cncc(N2CCc3ccccc32)c1. The fourth-order valence-corrected chi connectivity index (χ4v) is 3.38. The topological polar surface area (TPSA) is 45.2 Å². The van der Waals surface area contributed by atoms with Gasteiger partial charge in [0.15, 0.2) is 0 Å². The highest BCUT2D eigenvalue weighted by Gasteiger charge is 2.20. The molecule has 136 valence electrons. The Morgan fingerprint density at radius 3 is 2.78 bits per heavy atom. The first-order chi connectivity index (χ1) is 13.2. The Morgan fingerprint density at radius 2 is 1.93 bits per heavy atom. The summed E-state index contributed by atoms with van der Waals surface area (Å²) in [6.45, 7) is 1.37. The third-order valence-electron chi connectivity index (χ3n) is 4.80. The number of para-hydroxylation sites is 1. The van der Waals surface area contributed by atoms with Crippen LogP contribution in [0.15, 0.2) is 67.0 Å². The molecule has 0 fully saturated rings. The summed E-state index contributed by atoms with van der Waals surface area (Å²) in [6, 6.07) is 16.5. The van der Waals surface area contributed by atoms with Crippen LogP contribution in [-0.2, 0) is 12.8 Å². The molecule has 1 aliphatic rings. The number of halogens is 1. The summed E-state index contributed by atoms with van der Waals surface area (Å²) < 4.78 is 12.9. The van der Waals surface area contributed by atoms with Crippen LogP contribution in [0.5, 0.6) is 0 Å². The number of benzene rings is 2. The number of rotatable bonds is 5. The molecule has 2 heterocycles. The van der Waals surface area contributed by atoms with Gasteiger partial charge < -0.3 is 10.2 Å². The third-order valence-corrected chi connectivity index (χ3v) is 4.80. The molecule has 1 N–H and O–H groups in total. The predicted octanol–water partition coefficient (Wildman–Crippen LogP) is 3.89. The fourth-order valence-electron chi connectivity index (χ4n) is 3.38. The molecule has 0 spiro atoms. The van der Waals surface area contributed by atoms with Crippen molar-refractivity contribution < 1.29 is 9.18 Å². The molecule has 0 atom stereocenters. The van der Waals surface area contributed by atoms with Gasteiger partial charge in [-0.1, -0.05) is 30.3 Å². The minimum Gasteiger partial charge on any atom is -0.352 e. The molecule has 4 nitrogen and oxygen atoms in total. The standard InChI is InChI=1S/C22H20FN3O/c23-19-7-5-16(6-8-19)9-11-25-22(27)18-13-20(15-24-14-18)26-12-10-17-3-1-2-4-21(17)26/h1-8,13-15H,9-12H2,(H,25,27). The summed E-state index contributed by atoms with van der Waals surface area (Å²) in [6.07, 6.45) is 5.01. The van der Waals surface area contributed by atoms with Crippen molar-refractivity contribution in [1.82, 2.24) is 10.3 Å². The number of fused-ring (bicyclic) bond motifs is 1. The van der Waals surface area contributed by atoms with Gasteiger partial charge in [0.2, 0.25) is 0 Å². The number of aromatic nitrogens is 1. The predicted molar refractivity (Wildman–Crippen MR) is 104 cm³/mol. The molecule has 1 aliphatic heterocycles. The van der Waals surface area contributed by atoms with E-state index < -0.39 is 0 Å². The van der Waals surface area contributed by atoms with E-state index >= 15 is 0 Å². The molecular formula is C22H20FN3O. The zero-order valence-electron chi connectivity index (χ0n) is 14.9. The number of anilines is 2. The van der Waals surface area contributed by atoms with Crippen LogP contribution in [0.2, 0.25) is 0 Å². The molecule has 0 radical (unpaired) electrons. The van der Waals surface area contributed by atoms with Gasteiger partial charge >= 0.3 is 0 Å². The number of nitrogens with one attached hydrogen (secondary N) is 1. The van der Waals surface area contributed by atoms with Gasteiger partial charge in [-0.3, -0.25) is 9.78 Å². The first kappa shape index (κ1) is 17.2. The monoisotopic (exact) mass is 361 g/mol. The lowest BCUT2D eigenvalue weighted by atomic mass is 10.1. The van der Waals surface area contributed by atoms with Gasteiger partial charge in [-0.2, -0.15) is 0 Å². The molecule has 27 heavy (non-hydrogen) atoms. The van der Waals surface area contributed by atoms with Crippen LogP contribution in [0, 0.1) is 5.82 Å². The maximum atomic E-state index is 12.9. The van der Waals surface area contributed by atoms with Crippen LogP contribution < -0.4 is 10.2 Å². The zero-order chi connectivity index (χ0) is 18.6. The van der Waals surface area contributed by atoms with Crippen LogP contribution in [0.25, 0.3) is 0 Å². The van der Waals surface area contributed by atoms with Crippen molar-refractivity contribution in [2.75, 3.05) is 18.0 Å². The fraction of sp³-hybridized carbons (Fsp3) is 0.182. The third kappa shape index (κ3) is 3.82. The molecule has 0 saturated heterocycles. The Kier molecular flexibility index (Phi) is 4.83. The van der Waals surface area contributed by atoms with E-state index in [-0.39, 0.29) is 11.7 Å². The van der Waals surface area contributed by atoms with Gasteiger partial charge in [-0.25, -0.2) is 4.39 Å². The highest BCUT2D eigenvalue weighted by Crippen LogP contribution is 2.34. The summed E-state index contributed by atoms with van der Waals surface area (Å²) in [5.74, 6) is -0.409. The molecule has 1 aromatic heterocycles. The van der Waals surface area contributed by atoms with E-state index in [2.05, 4.69) is 27.3 Å². The Balaban J connectivity index is 1.41. The van der Waals surface area contributed by atoms with E-state index in [1.54, 1.807) is 24.5 Å². The van der Waals surface area contributed by atoms with Crippen molar-refractivity contribution in [3.63, 3.8) is 0 Å². The number of carbonyl (C=O) groups excluding carboxylic acids is 1. The number of nitrogens with zero attached hydrogens (tertiary/aromatic N) is 2. The molecule has 3 aromatic rings. The van der Waals surface area contributed by atoms with Crippen molar-refractivity contribution >= 4 is 17.3 Å². The van der Waals surface area contributed by atoms with Crippen LogP contribution in [0.4, 0.5) is 15.8 Å². The largest absolute Gasteiger partial charge is 0.352 e. The van der Waals surface area contributed by atoms with Crippen LogP contribution in [-0.4, -0.2) is 24.0 Å². The Bertz CT molecular complexity index is 956. The average molecular weight is 361 g/mol. The summed E-state index contributed by atoms with van der Waals surface area (Å²) in [4.78, 5) is 18.9. The molecule has 0 aliphatic carbocycles. The summed E-state index contributed by atoms with van der Waals surface area (Å²) >= 11 is 0. The molecule has 2 aromatic carbocycles. The number of amides is 1. The maximum Gasteiger partial charge on any atom is 0.252 e. The number of hydrogen-bond donors (Lipinski definition) is 1. The smallest absolute Gasteiger partial charge is 0.252 e. The summed E-state index contributed by atoms with van der Waals surface area (Å²) in [5, 5.41) is 2.91. The molecule has 0 unspecified atom stereocenters.